The highest BCUT2D eigenvalue weighted by Crippen LogP contribution is 2.53. The van der Waals surface area contributed by atoms with Gasteiger partial charge in [-0.15, -0.1) is 0 Å². The van der Waals surface area contributed by atoms with Gasteiger partial charge < -0.3 is 14.8 Å². The standard InChI is InChI=1S/C22H30BrNO3/c1-3-26-19-10-15(18(23)12-20(19)27-4-2)11-21(25)24-22-16-6-13-5-14(8-16)9-17(22)7-13/h10,12-14,16-17,22H,3-9,11H2,1-2H3,(H,24,25). The molecule has 0 aromatic heterocycles. The molecule has 27 heavy (non-hydrogen) atoms. The molecule has 1 N–H and O–H groups in total. The van der Waals surface area contributed by atoms with Crippen molar-refractivity contribution >= 4 is 21.8 Å². The van der Waals surface area contributed by atoms with Crippen LogP contribution in [-0.2, 0) is 11.2 Å². The molecule has 4 aliphatic carbocycles. The molecule has 4 aliphatic rings. The van der Waals surface area contributed by atoms with Crippen molar-refractivity contribution in [2.45, 2.75) is 58.4 Å². The maximum atomic E-state index is 12.8. The number of hydrogen-bond donors (Lipinski definition) is 1. The van der Waals surface area contributed by atoms with Gasteiger partial charge in [0.05, 0.1) is 19.6 Å². The van der Waals surface area contributed by atoms with E-state index in [1.54, 1.807) is 0 Å². The average molecular weight is 436 g/mol. The van der Waals surface area contributed by atoms with Gasteiger partial charge in [-0.1, -0.05) is 15.9 Å². The fraction of sp³-hybridized carbons (Fsp3) is 0.682. The van der Waals surface area contributed by atoms with Crippen LogP contribution >= 0.6 is 15.9 Å². The summed E-state index contributed by atoms with van der Waals surface area (Å²) < 4.78 is 12.3. The van der Waals surface area contributed by atoms with Crippen molar-refractivity contribution in [2.75, 3.05) is 13.2 Å². The number of hydrogen-bond acceptors (Lipinski definition) is 3. The van der Waals surface area contributed by atoms with E-state index in [1.807, 2.05) is 26.0 Å². The fourth-order valence-electron chi connectivity index (χ4n) is 5.82. The Balaban J connectivity index is 1.44. The second kappa shape index (κ2) is 8.02. The zero-order chi connectivity index (χ0) is 19.0. The van der Waals surface area contributed by atoms with Crippen molar-refractivity contribution in [1.82, 2.24) is 5.32 Å². The third-order valence-electron chi connectivity index (χ3n) is 6.62. The molecule has 0 spiro atoms. The first-order valence-electron chi connectivity index (χ1n) is 10.4. The van der Waals surface area contributed by atoms with Gasteiger partial charge in [0, 0.05) is 10.5 Å². The van der Waals surface area contributed by atoms with Gasteiger partial charge in [-0.3, -0.25) is 4.79 Å². The van der Waals surface area contributed by atoms with Crippen LogP contribution in [0.15, 0.2) is 16.6 Å². The van der Waals surface area contributed by atoms with Crippen molar-refractivity contribution in [3.05, 3.63) is 22.2 Å². The number of halogens is 1. The van der Waals surface area contributed by atoms with E-state index in [0.29, 0.717) is 43.3 Å². The highest BCUT2D eigenvalue weighted by atomic mass is 79.9. The smallest absolute Gasteiger partial charge is 0.224 e. The molecule has 0 radical (unpaired) electrons. The van der Waals surface area contributed by atoms with E-state index in [0.717, 1.165) is 27.6 Å². The summed E-state index contributed by atoms with van der Waals surface area (Å²) in [4.78, 5) is 12.8. The van der Waals surface area contributed by atoms with Crippen LogP contribution in [-0.4, -0.2) is 25.2 Å². The second-order valence-corrected chi connectivity index (χ2v) is 9.31. The van der Waals surface area contributed by atoms with Gasteiger partial charge in [-0.05, 0) is 87.3 Å². The lowest BCUT2D eigenvalue weighted by Crippen LogP contribution is -2.56. The molecule has 4 nitrogen and oxygen atoms in total. The van der Waals surface area contributed by atoms with Gasteiger partial charge in [0.1, 0.15) is 0 Å². The molecular formula is C22H30BrNO3. The monoisotopic (exact) mass is 435 g/mol. The van der Waals surface area contributed by atoms with E-state index < -0.39 is 0 Å². The first-order chi connectivity index (χ1) is 13.1. The van der Waals surface area contributed by atoms with Crippen molar-refractivity contribution in [1.29, 1.82) is 0 Å². The maximum absolute atomic E-state index is 12.8. The van der Waals surface area contributed by atoms with Gasteiger partial charge >= 0.3 is 0 Å². The Morgan fingerprint density at radius 3 is 2.11 bits per heavy atom. The zero-order valence-corrected chi connectivity index (χ0v) is 17.9. The molecule has 0 heterocycles. The minimum atomic E-state index is 0.125. The lowest BCUT2D eigenvalue weighted by atomic mass is 9.54. The van der Waals surface area contributed by atoms with Crippen LogP contribution < -0.4 is 14.8 Å². The Morgan fingerprint density at radius 2 is 1.56 bits per heavy atom. The predicted molar refractivity (Wildman–Crippen MR) is 109 cm³/mol. The van der Waals surface area contributed by atoms with E-state index in [-0.39, 0.29) is 5.91 Å². The molecule has 0 atom stereocenters. The van der Waals surface area contributed by atoms with Crippen molar-refractivity contribution in [3.8, 4) is 11.5 Å². The summed E-state index contributed by atoms with van der Waals surface area (Å²) in [5.74, 6) is 4.81. The largest absolute Gasteiger partial charge is 0.490 e. The number of benzene rings is 1. The number of carbonyl (C=O) groups excluding carboxylic acids is 1. The molecule has 5 rings (SSSR count). The summed E-state index contributed by atoms with van der Waals surface area (Å²) in [6, 6.07) is 4.24. The Morgan fingerprint density at radius 1 is 1.00 bits per heavy atom. The Labute approximate surface area is 170 Å². The van der Waals surface area contributed by atoms with Crippen LogP contribution in [0.4, 0.5) is 0 Å². The summed E-state index contributed by atoms with van der Waals surface area (Å²) in [7, 11) is 0. The summed E-state index contributed by atoms with van der Waals surface area (Å²) in [5.41, 5.74) is 0.947. The number of amides is 1. The maximum Gasteiger partial charge on any atom is 0.224 e. The second-order valence-electron chi connectivity index (χ2n) is 8.46. The molecule has 148 valence electrons. The zero-order valence-electron chi connectivity index (χ0n) is 16.3. The molecule has 4 bridgehead atoms. The third kappa shape index (κ3) is 3.98. The Kier molecular flexibility index (Phi) is 5.68. The number of carbonyl (C=O) groups is 1. The number of nitrogens with one attached hydrogen (secondary N) is 1. The van der Waals surface area contributed by atoms with E-state index in [4.69, 9.17) is 9.47 Å². The highest BCUT2D eigenvalue weighted by Gasteiger charge is 2.48. The van der Waals surface area contributed by atoms with Gasteiger partial charge in [-0.2, -0.15) is 0 Å². The quantitative estimate of drug-likeness (QED) is 0.673. The summed E-state index contributed by atoms with van der Waals surface area (Å²) in [5, 5.41) is 3.40. The first kappa shape index (κ1) is 19.1. The molecule has 0 unspecified atom stereocenters. The van der Waals surface area contributed by atoms with E-state index in [9.17, 15) is 4.79 Å². The summed E-state index contributed by atoms with van der Waals surface area (Å²) in [6.45, 7) is 5.06. The third-order valence-corrected chi connectivity index (χ3v) is 7.36. The molecule has 1 amide bonds. The van der Waals surface area contributed by atoms with Crippen LogP contribution in [0.25, 0.3) is 0 Å². The van der Waals surface area contributed by atoms with Gasteiger partial charge in [0.15, 0.2) is 11.5 Å². The van der Waals surface area contributed by atoms with E-state index >= 15 is 0 Å². The van der Waals surface area contributed by atoms with Crippen LogP contribution in [0, 0.1) is 23.7 Å². The minimum Gasteiger partial charge on any atom is -0.490 e. The average Bonchev–Trinajstić information content (AvgIpc) is 2.62. The van der Waals surface area contributed by atoms with Gasteiger partial charge in [0.2, 0.25) is 5.91 Å². The Hall–Kier alpha value is -1.23. The van der Waals surface area contributed by atoms with Crippen molar-refractivity contribution in [2.24, 2.45) is 23.7 Å². The molecule has 5 heteroatoms. The van der Waals surface area contributed by atoms with Crippen LogP contribution in [0.1, 0.15) is 51.5 Å². The molecule has 4 fully saturated rings. The molecule has 1 aromatic carbocycles. The lowest BCUT2D eigenvalue weighted by Gasteiger charge is -2.54. The highest BCUT2D eigenvalue weighted by molar-refractivity contribution is 9.10. The molecule has 4 saturated carbocycles. The van der Waals surface area contributed by atoms with Crippen LogP contribution in [0.3, 0.4) is 0 Å². The fourth-order valence-corrected chi connectivity index (χ4v) is 6.28. The van der Waals surface area contributed by atoms with Crippen molar-refractivity contribution in [3.63, 3.8) is 0 Å². The topological polar surface area (TPSA) is 47.6 Å². The molecule has 0 saturated heterocycles. The summed E-state index contributed by atoms with van der Waals surface area (Å²) in [6.07, 6.45) is 7.08. The first-order valence-corrected chi connectivity index (χ1v) is 11.2. The van der Waals surface area contributed by atoms with Gasteiger partial charge in [-0.25, -0.2) is 0 Å². The predicted octanol–water partition coefficient (Wildman–Crippen LogP) is 4.73. The SMILES string of the molecule is CCOc1cc(Br)c(CC(=O)NC2C3CC4CC(C3)CC2C4)cc1OCC. The molecule has 0 aliphatic heterocycles. The van der Waals surface area contributed by atoms with Crippen LogP contribution in [0.2, 0.25) is 0 Å². The molecular weight excluding hydrogens is 406 g/mol. The van der Waals surface area contributed by atoms with Crippen LogP contribution in [0.5, 0.6) is 11.5 Å². The summed E-state index contributed by atoms with van der Waals surface area (Å²) >= 11 is 3.60. The van der Waals surface area contributed by atoms with Gasteiger partial charge in [0.25, 0.3) is 0 Å². The van der Waals surface area contributed by atoms with Crippen molar-refractivity contribution < 1.29 is 14.3 Å². The minimum absolute atomic E-state index is 0.125. The van der Waals surface area contributed by atoms with E-state index in [1.165, 1.54) is 32.1 Å². The normalized spacial score (nSPS) is 31.0. The Bertz CT molecular complexity index is 677. The number of ether oxygens (including phenoxy) is 2. The van der Waals surface area contributed by atoms with E-state index in [2.05, 4.69) is 21.2 Å². The number of rotatable bonds is 7. The lowest BCUT2D eigenvalue weighted by molar-refractivity contribution is -0.124. The molecule has 1 aromatic rings.